The zero-order chi connectivity index (χ0) is 15.9. The van der Waals surface area contributed by atoms with Gasteiger partial charge in [0.05, 0.1) is 16.5 Å². The van der Waals surface area contributed by atoms with Crippen LogP contribution in [-0.2, 0) is 6.54 Å². The van der Waals surface area contributed by atoms with Gasteiger partial charge in [-0.3, -0.25) is 9.89 Å². The molecular weight excluding hydrogens is 306 g/mol. The summed E-state index contributed by atoms with van der Waals surface area (Å²) in [5.74, 6) is 0. The lowest BCUT2D eigenvalue weighted by atomic mass is 9.84. The molecule has 0 spiro atoms. The summed E-state index contributed by atoms with van der Waals surface area (Å²) in [7, 11) is -1.81. The third-order valence-electron chi connectivity index (χ3n) is 3.60. The average Bonchev–Trinajstić information content (AvgIpc) is 2.93. The summed E-state index contributed by atoms with van der Waals surface area (Å²) in [6.45, 7) is 0.871. The zero-order valence-corrected chi connectivity index (χ0v) is 12.3. The van der Waals surface area contributed by atoms with Crippen LogP contribution in [0.4, 0.5) is 0 Å². The summed E-state index contributed by atoms with van der Waals surface area (Å²) >= 11 is 6.04. The highest BCUT2D eigenvalue weighted by atomic mass is 35.5. The van der Waals surface area contributed by atoms with E-state index in [1.54, 1.807) is 22.8 Å². The molecule has 0 atom stereocenters. The number of nitrogens with zero attached hydrogens (tertiary/aromatic N) is 2. The van der Waals surface area contributed by atoms with Gasteiger partial charge in [0.2, 0.25) is 0 Å². The van der Waals surface area contributed by atoms with Gasteiger partial charge in [-0.1, -0.05) is 11.6 Å². The van der Waals surface area contributed by atoms with Crippen LogP contribution in [0.3, 0.4) is 0 Å². The maximum Gasteiger partial charge on any atom is 0.508 e. The van der Waals surface area contributed by atoms with E-state index in [4.69, 9.17) is 17.3 Å². The van der Waals surface area contributed by atoms with Gasteiger partial charge < -0.3 is 20.3 Å². The minimum absolute atomic E-state index is 0.0247. The Bertz CT molecular complexity index is 906. The van der Waals surface area contributed by atoms with Gasteiger partial charge in [-0.25, -0.2) is 0 Å². The summed E-state index contributed by atoms with van der Waals surface area (Å²) < 4.78 is 1.56. The standard InChI is InChI=1S/C13H14BClN4O3/c15-7-2-3-9-8(6-7)11-10(12(14(21)22)18-17-11)13(20)19(9)5-1-4-16/h2-3,6,21-22H,1,4-5,16H2,(H,17,18). The highest BCUT2D eigenvalue weighted by Gasteiger charge is 2.23. The Hall–Kier alpha value is -1.87. The number of aromatic amines is 1. The number of hydrogen-bond donors (Lipinski definition) is 4. The van der Waals surface area contributed by atoms with E-state index >= 15 is 0 Å². The predicted molar refractivity (Wildman–Crippen MR) is 86.4 cm³/mol. The number of halogens is 1. The molecule has 5 N–H and O–H groups in total. The van der Waals surface area contributed by atoms with Gasteiger partial charge in [0.25, 0.3) is 5.56 Å². The number of H-pyrrole nitrogens is 1. The fourth-order valence-corrected chi connectivity index (χ4v) is 2.77. The number of aryl methyl sites for hydroxylation is 1. The van der Waals surface area contributed by atoms with E-state index in [9.17, 15) is 14.8 Å². The second-order valence-electron chi connectivity index (χ2n) is 5.00. The van der Waals surface area contributed by atoms with Crippen LogP contribution in [0.2, 0.25) is 5.02 Å². The lowest BCUT2D eigenvalue weighted by Gasteiger charge is -2.11. The topological polar surface area (TPSA) is 117 Å². The summed E-state index contributed by atoms with van der Waals surface area (Å²) in [4.78, 5) is 12.7. The molecule has 1 aromatic carbocycles. The fourth-order valence-electron chi connectivity index (χ4n) is 2.60. The molecule has 3 rings (SSSR count). The summed E-state index contributed by atoms with van der Waals surface area (Å²) in [6, 6.07) is 5.15. The Balaban J connectivity index is 2.46. The number of pyridine rings is 1. The first-order chi connectivity index (χ1) is 10.5. The van der Waals surface area contributed by atoms with Crippen LogP contribution in [0.25, 0.3) is 21.8 Å². The average molecular weight is 321 g/mol. The van der Waals surface area contributed by atoms with Crippen molar-refractivity contribution in [1.82, 2.24) is 14.8 Å². The van der Waals surface area contributed by atoms with Gasteiger partial charge in [-0.2, -0.15) is 5.10 Å². The van der Waals surface area contributed by atoms with Crippen molar-refractivity contribution >= 4 is 46.1 Å². The van der Waals surface area contributed by atoms with Gasteiger partial charge in [0.1, 0.15) is 5.52 Å². The lowest BCUT2D eigenvalue weighted by molar-refractivity contribution is 0.424. The Morgan fingerprint density at radius 2 is 2.18 bits per heavy atom. The number of benzene rings is 1. The quantitative estimate of drug-likeness (QED) is 0.486. The van der Waals surface area contributed by atoms with E-state index in [0.29, 0.717) is 41.0 Å². The third-order valence-corrected chi connectivity index (χ3v) is 3.84. The number of rotatable bonds is 4. The van der Waals surface area contributed by atoms with Crippen molar-refractivity contribution in [3.8, 4) is 0 Å². The van der Waals surface area contributed by atoms with Gasteiger partial charge in [-0.05, 0) is 31.2 Å². The molecule has 0 amide bonds. The van der Waals surface area contributed by atoms with Crippen LogP contribution in [0.15, 0.2) is 23.0 Å². The molecule has 2 heterocycles. The first-order valence-corrected chi connectivity index (χ1v) is 7.18. The molecular formula is C13H14BClN4O3. The molecule has 2 aromatic heterocycles. The first-order valence-electron chi connectivity index (χ1n) is 6.81. The molecule has 0 saturated heterocycles. The fraction of sp³-hybridized carbons (Fsp3) is 0.231. The van der Waals surface area contributed by atoms with E-state index < -0.39 is 7.12 Å². The summed E-state index contributed by atoms with van der Waals surface area (Å²) in [6.07, 6.45) is 0.623. The SMILES string of the molecule is NCCCn1c(=O)c2c(B(O)O)[nH]nc2c2cc(Cl)ccc21. The molecule has 0 aliphatic heterocycles. The molecule has 114 valence electrons. The summed E-state index contributed by atoms with van der Waals surface area (Å²) in [5.41, 5.74) is 6.22. The lowest BCUT2D eigenvalue weighted by Crippen LogP contribution is -2.35. The molecule has 7 nitrogen and oxygen atoms in total. The second kappa shape index (κ2) is 5.73. The molecule has 0 unspecified atom stereocenters. The molecule has 3 aromatic rings. The molecule has 9 heteroatoms. The molecule has 0 aliphatic rings. The van der Waals surface area contributed by atoms with Crippen LogP contribution in [0.1, 0.15) is 6.42 Å². The van der Waals surface area contributed by atoms with Crippen molar-refractivity contribution in [3.05, 3.63) is 33.6 Å². The van der Waals surface area contributed by atoms with Crippen LogP contribution in [0.5, 0.6) is 0 Å². The number of aromatic nitrogens is 3. The van der Waals surface area contributed by atoms with E-state index in [0.717, 1.165) is 0 Å². The maximum absolute atomic E-state index is 12.7. The smallest absolute Gasteiger partial charge is 0.422 e. The van der Waals surface area contributed by atoms with E-state index in [1.165, 1.54) is 0 Å². The molecule has 0 bridgehead atoms. The normalized spacial score (nSPS) is 11.5. The number of fused-ring (bicyclic) bond motifs is 3. The molecule has 0 radical (unpaired) electrons. The zero-order valence-electron chi connectivity index (χ0n) is 11.6. The largest absolute Gasteiger partial charge is 0.508 e. The van der Waals surface area contributed by atoms with Crippen LogP contribution >= 0.6 is 11.6 Å². The molecule has 0 fully saturated rings. The van der Waals surface area contributed by atoms with Crippen molar-refractivity contribution in [3.63, 3.8) is 0 Å². The van der Waals surface area contributed by atoms with E-state index in [-0.39, 0.29) is 16.5 Å². The third kappa shape index (κ3) is 2.30. The van der Waals surface area contributed by atoms with E-state index in [2.05, 4.69) is 10.2 Å². The highest BCUT2D eigenvalue weighted by molar-refractivity contribution is 6.61. The monoisotopic (exact) mass is 320 g/mol. The van der Waals surface area contributed by atoms with Crippen LogP contribution in [-0.4, -0.2) is 38.5 Å². The first kappa shape index (κ1) is 15.0. The van der Waals surface area contributed by atoms with Crippen molar-refractivity contribution in [1.29, 1.82) is 0 Å². The van der Waals surface area contributed by atoms with Crippen molar-refractivity contribution < 1.29 is 10.0 Å². The van der Waals surface area contributed by atoms with E-state index in [1.807, 2.05) is 0 Å². The van der Waals surface area contributed by atoms with Gasteiger partial charge in [0.15, 0.2) is 0 Å². The van der Waals surface area contributed by atoms with Crippen LogP contribution < -0.4 is 16.9 Å². The number of nitrogens with one attached hydrogen (secondary N) is 1. The predicted octanol–water partition coefficient (Wildman–Crippen LogP) is -0.440. The van der Waals surface area contributed by atoms with Crippen molar-refractivity contribution in [2.24, 2.45) is 5.73 Å². The molecule has 22 heavy (non-hydrogen) atoms. The molecule has 0 aliphatic carbocycles. The Morgan fingerprint density at radius 1 is 1.41 bits per heavy atom. The maximum atomic E-state index is 12.7. The van der Waals surface area contributed by atoms with Gasteiger partial charge in [0, 0.05) is 17.0 Å². The number of nitrogens with two attached hydrogens (primary N) is 1. The minimum Gasteiger partial charge on any atom is -0.422 e. The van der Waals surface area contributed by atoms with Gasteiger partial charge >= 0.3 is 7.12 Å². The molecule has 0 saturated carbocycles. The second-order valence-corrected chi connectivity index (χ2v) is 5.43. The van der Waals surface area contributed by atoms with Crippen LogP contribution in [0, 0.1) is 0 Å². The number of hydrogen-bond acceptors (Lipinski definition) is 5. The van der Waals surface area contributed by atoms with Gasteiger partial charge in [-0.15, -0.1) is 0 Å². The Morgan fingerprint density at radius 3 is 2.86 bits per heavy atom. The Labute approximate surface area is 130 Å². The summed E-state index contributed by atoms with van der Waals surface area (Å²) in [5, 5.41) is 26.7. The minimum atomic E-state index is -1.81. The Kier molecular flexibility index (Phi) is 3.92. The van der Waals surface area contributed by atoms with Crippen molar-refractivity contribution in [2.75, 3.05) is 6.54 Å². The van der Waals surface area contributed by atoms with Crippen molar-refractivity contribution in [2.45, 2.75) is 13.0 Å². The highest BCUT2D eigenvalue weighted by Crippen LogP contribution is 2.24.